The summed E-state index contributed by atoms with van der Waals surface area (Å²) in [4.78, 5) is 0. The van der Waals surface area contributed by atoms with Crippen molar-refractivity contribution in [2.24, 2.45) is 0 Å². The largest absolute Gasteiger partial charge is 0.310 e. The number of alkyl halides is 1. The zero-order valence-electron chi connectivity index (χ0n) is 8.06. The number of rotatable bonds is 2. The highest BCUT2D eigenvalue weighted by Gasteiger charge is 2.44. The van der Waals surface area contributed by atoms with Crippen LogP contribution in [0.4, 0.5) is 4.39 Å². The van der Waals surface area contributed by atoms with Crippen LogP contribution in [0.2, 0.25) is 5.02 Å². The van der Waals surface area contributed by atoms with Crippen molar-refractivity contribution >= 4 is 11.6 Å². The lowest BCUT2D eigenvalue weighted by Gasteiger charge is -2.44. The molecule has 1 aliphatic carbocycles. The Morgan fingerprint density at radius 2 is 2.21 bits per heavy atom. The molecule has 1 aromatic rings. The number of hydrogen-bond acceptors (Lipinski definition) is 1. The molecule has 0 heterocycles. The summed E-state index contributed by atoms with van der Waals surface area (Å²) < 4.78 is 12.9. The first-order valence-corrected chi connectivity index (χ1v) is 5.13. The van der Waals surface area contributed by atoms with Gasteiger partial charge < -0.3 is 5.32 Å². The molecule has 0 radical (unpaired) electrons. The average molecular weight is 214 g/mol. The summed E-state index contributed by atoms with van der Waals surface area (Å²) >= 11 is 5.90. The van der Waals surface area contributed by atoms with E-state index in [4.69, 9.17) is 11.6 Å². The molecular weight excluding hydrogens is 201 g/mol. The molecule has 1 aliphatic rings. The molecule has 0 atom stereocenters. The van der Waals surface area contributed by atoms with Crippen molar-refractivity contribution in [3.05, 3.63) is 34.9 Å². The summed E-state index contributed by atoms with van der Waals surface area (Å²) in [6, 6.07) is 7.64. The van der Waals surface area contributed by atoms with E-state index in [1.54, 1.807) is 0 Å². The van der Waals surface area contributed by atoms with Gasteiger partial charge in [0.05, 0.1) is 0 Å². The van der Waals surface area contributed by atoms with Crippen molar-refractivity contribution in [2.75, 3.05) is 7.05 Å². The smallest absolute Gasteiger partial charge is 0.104 e. The molecule has 0 aromatic heterocycles. The molecule has 2 rings (SSSR count). The van der Waals surface area contributed by atoms with Crippen LogP contribution in [0.3, 0.4) is 0 Å². The molecule has 0 unspecified atom stereocenters. The SMILES string of the molecule is CNC1(c2cccc(Cl)c2)CC(F)C1. The number of halogens is 2. The van der Waals surface area contributed by atoms with Crippen LogP contribution in [-0.2, 0) is 5.54 Å². The van der Waals surface area contributed by atoms with Gasteiger partial charge in [-0.3, -0.25) is 0 Å². The second-order valence-electron chi connectivity index (χ2n) is 3.85. The average Bonchev–Trinajstić information content (AvgIpc) is 2.12. The van der Waals surface area contributed by atoms with Crippen LogP contribution >= 0.6 is 11.6 Å². The van der Waals surface area contributed by atoms with E-state index < -0.39 is 6.17 Å². The lowest BCUT2D eigenvalue weighted by Crippen LogP contribution is -2.52. The van der Waals surface area contributed by atoms with Crippen LogP contribution in [-0.4, -0.2) is 13.2 Å². The van der Waals surface area contributed by atoms with Gasteiger partial charge in [-0.2, -0.15) is 0 Å². The fourth-order valence-corrected chi connectivity index (χ4v) is 2.26. The Hall–Kier alpha value is -0.600. The van der Waals surface area contributed by atoms with Gasteiger partial charge in [0.15, 0.2) is 0 Å². The van der Waals surface area contributed by atoms with Crippen molar-refractivity contribution in [3.63, 3.8) is 0 Å². The highest BCUT2D eigenvalue weighted by atomic mass is 35.5. The highest BCUT2D eigenvalue weighted by Crippen LogP contribution is 2.43. The monoisotopic (exact) mass is 213 g/mol. The van der Waals surface area contributed by atoms with Crippen LogP contribution in [0.25, 0.3) is 0 Å². The zero-order chi connectivity index (χ0) is 10.2. The topological polar surface area (TPSA) is 12.0 Å². The van der Waals surface area contributed by atoms with Crippen LogP contribution in [0.15, 0.2) is 24.3 Å². The second kappa shape index (κ2) is 3.52. The summed E-state index contributed by atoms with van der Waals surface area (Å²) in [7, 11) is 1.87. The van der Waals surface area contributed by atoms with Gasteiger partial charge in [-0.25, -0.2) is 4.39 Å². The molecule has 0 amide bonds. The van der Waals surface area contributed by atoms with Gasteiger partial charge in [-0.15, -0.1) is 0 Å². The molecule has 1 fully saturated rings. The molecule has 1 nitrogen and oxygen atoms in total. The summed E-state index contributed by atoms with van der Waals surface area (Å²) in [5.74, 6) is 0. The first-order chi connectivity index (χ1) is 6.66. The van der Waals surface area contributed by atoms with Gasteiger partial charge in [0.2, 0.25) is 0 Å². The molecule has 3 heteroatoms. The van der Waals surface area contributed by atoms with Crippen LogP contribution in [0, 0.1) is 0 Å². The van der Waals surface area contributed by atoms with E-state index in [1.807, 2.05) is 31.3 Å². The maximum Gasteiger partial charge on any atom is 0.104 e. The molecule has 0 aliphatic heterocycles. The Morgan fingerprint density at radius 3 is 2.71 bits per heavy atom. The predicted octanol–water partition coefficient (Wildman–Crippen LogP) is 2.89. The van der Waals surface area contributed by atoms with Crippen molar-refractivity contribution in [2.45, 2.75) is 24.6 Å². The van der Waals surface area contributed by atoms with Crippen molar-refractivity contribution < 1.29 is 4.39 Å². The number of benzene rings is 1. The van der Waals surface area contributed by atoms with E-state index in [0.29, 0.717) is 17.9 Å². The predicted molar refractivity (Wildman–Crippen MR) is 56.3 cm³/mol. The maximum atomic E-state index is 12.9. The van der Waals surface area contributed by atoms with Crippen molar-refractivity contribution in [1.29, 1.82) is 0 Å². The van der Waals surface area contributed by atoms with E-state index in [1.165, 1.54) is 0 Å². The zero-order valence-corrected chi connectivity index (χ0v) is 8.81. The molecule has 0 spiro atoms. The molecule has 76 valence electrons. The summed E-state index contributed by atoms with van der Waals surface area (Å²) in [5.41, 5.74) is 0.894. The Labute approximate surface area is 88.3 Å². The molecule has 0 bridgehead atoms. The normalized spacial score (nSPS) is 31.2. The maximum absolute atomic E-state index is 12.9. The fraction of sp³-hybridized carbons (Fsp3) is 0.455. The van der Waals surface area contributed by atoms with Crippen LogP contribution in [0.1, 0.15) is 18.4 Å². The van der Waals surface area contributed by atoms with E-state index in [-0.39, 0.29) is 5.54 Å². The number of hydrogen-bond donors (Lipinski definition) is 1. The summed E-state index contributed by atoms with van der Waals surface area (Å²) in [6.07, 6.45) is 0.412. The highest BCUT2D eigenvalue weighted by molar-refractivity contribution is 6.30. The summed E-state index contributed by atoms with van der Waals surface area (Å²) in [5, 5.41) is 3.90. The first-order valence-electron chi connectivity index (χ1n) is 4.75. The minimum Gasteiger partial charge on any atom is -0.310 e. The van der Waals surface area contributed by atoms with E-state index in [2.05, 4.69) is 5.32 Å². The standard InChI is InChI=1S/C11H13ClFN/c1-14-11(6-10(13)7-11)8-3-2-4-9(12)5-8/h2-5,10,14H,6-7H2,1H3. The second-order valence-corrected chi connectivity index (χ2v) is 4.28. The minimum absolute atomic E-state index is 0.190. The fourth-order valence-electron chi connectivity index (χ4n) is 2.07. The first kappa shape index (κ1) is 9.94. The number of nitrogens with one attached hydrogen (secondary N) is 1. The third kappa shape index (κ3) is 1.53. The van der Waals surface area contributed by atoms with Gasteiger partial charge >= 0.3 is 0 Å². The third-order valence-corrected chi connectivity index (χ3v) is 3.23. The molecule has 1 N–H and O–H groups in total. The lowest BCUT2D eigenvalue weighted by atomic mass is 9.70. The van der Waals surface area contributed by atoms with E-state index in [9.17, 15) is 4.39 Å². The van der Waals surface area contributed by atoms with Crippen LogP contribution < -0.4 is 5.32 Å². The Morgan fingerprint density at radius 1 is 1.50 bits per heavy atom. The van der Waals surface area contributed by atoms with Gasteiger partial charge in [-0.05, 0) is 24.7 Å². The molecular formula is C11H13ClFN. The van der Waals surface area contributed by atoms with Crippen LogP contribution in [0.5, 0.6) is 0 Å². The molecule has 1 saturated carbocycles. The molecule has 14 heavy (non-hydrogen) atoms. The van der Waals surface area contributed by atoms with E-state index >= 15 is 0 Å². The van der Waals surface area contributed by atoms with Gasteiger partial charge in [0, 0.05) is 23.4 Å². The Bertz CT molecular complexity index is 334. The van der Waals surface area contributed by atoms with Gasteiger partial charge in [0.1, 0.15) is 6.17 Å². The lowest BCUT2D eigenvalue weighted by molar-refractivity contribution is 0.0718. The van der Waals surface area contributed by atoms with Gasteiger partial charge in [-0.1, -0.05) is 23.7 Å². The molecule has 1 aromatic carbocycles. The van der Waals surface area contributed by atoms with Gasteiger partial charge in [0.25, 0.3) is 0 Å². The van der Waals surface area contributed by atoms with Crippen molar-refractivity contribution in [1.82, 2.24) is 5.32 Å². The minimum atomic E-state index is -0.679. The summed E-state index contributed by atoms with van der Waals surface area (Å²) in [6.45, 7) is 0. The molecule has 0 saturated heterocycles. The van der Waals surface area contributed by atoms with E-state index in [0.717, 1.165) is 5.56 Å². The Balaban J connectivity index is 2.29. The van der Waals surface area contributed by atoms with Crippen molar-refractivity contribution in [3.8, 4) is 0 Å². The quantitative estimate of drug-likeness (QED) is 0.797. The third-order valence-electron chi connectivity index (χ3n) is 3.00. The Kier molecular flexibility index (Phi) is 2.50.